The van der Waals surface area contributed by atoms with Crippen molar-refractivity contribution < 1.29 is 9.53 Å². The van der Waals surface area contributed by atoms with Crippen molar-refractivity contribution in [3.8, 4) is 5.75 Å². The van der Waals surface area contributed by atoms with Gasteiger partial charge in [-0.2, -0.15) is 0 Å². The largest absolute Gasteiger partial charge is 0.490 e. The van der Waals surface area contributed by atoms with E-state index < -0.39 is 5.41 Å². The van der Waals surface area contributed by atoms with E-state index in [9.17, 15) is 4.79 Å². The van der Waals surface area contributed by atoms with Crippen LogP contribution >= 0.6 is 23.2 Å². The average molecular weight is 456 g/mol. The fourth-order valence-electron chi connectivity index (χ4n) is 4.50. The summed E-state index contributed by atoms with van der Waals surface area (Å²) in [7, 11) is 0. The van der Waals surface area contributed by atoms with Gasteiger partial charge in [-0.15, -0.1) is 0 Å². The molecule has 0 saturated heterocycles. The van der Waals surface area contributed by atoms with Gasteiger partial charge in [0.05, 0.1) is 11.5 Å². The zero-order valence-electron chi connectivity index (χ0n) is 17.9. The van der Waals surface area contributed by atoms with Gasteiger partial charge in [0.15, 0.2) is 0 Å². The lowest BCUT2D eigenvalue weighted by atomic mass is 9.77. The van der Waals surface area contributed by atoms with Crippen LogP contribution in [0.2, 0.25) is 10.0 Å². The lowest BCUT2D eigenvalue weighted by Gasteiger charge is -2.29. The lowest BCUT2D eigenvalue weighted by molar-refractivity contribution is -0.121. The van der Waals surface area contributed by atoms with Crippen LogP contribution in [0.25, 0.3) is 10.8 Å². The molecule has 1 aliphatic rings. The maximum Gasteiger partial charge on any atom is 0.235 e. The van der Waals surface area contributed by atoms with Crippen LogP contribution in [-0.4, -0.2) is 12.0 Å². The Bertz CT molecular complexity index is 1110. The highest BCUT2D eigenvalue weighted by Gasteiger charge is 2.44. The molecule has 3 nitrogen and oxygen atoms in total. The van der Waals surface area contributed by atoms with Crippen molar-refractivity contribution in [1.29, 1.82) is 0 Å². The summed E-state index contributed by atoms with van der Waals surface area (Å²) in [5, 5.41) is 6.29. The van der Waals surface area contributed by atoms with Crippen LogP contribution in [0.1, 0.15) is 51.5 Å². The van der Waals surface area contributed by atoms with Gasteiger partial charge in [0.2, 0.25) is 5.91 Å². The van der Waals surface area contributed by atoms with Gasteiger partial charge < -0.3 is 10.1 Å². The number of amides is 1. The minimum atomic E-state index is -0.644. The van der Waals surface area contributed by atoms with E-state index in [1.165, 1.54) is 0 Å². The Morgan fingerprint density at radius 3 is 2.45 bits per heavy atom. The fraction of sp³-hybridized carbons (Fsp3) is 0.346. The number of halogens is 2. The highest BCUT2D eigenvalue weighted by atomic mass is 35.5. The smallest absolute Gasteiger partial charge is 0.235 e. The van der Waals surface area contributed by atoms with Crippen LogP contribution in [-0.2, 0) is 10.2 Å². The van der Waals surface area contributed by atoms with Crippen molar-refractivity contribution in [2.24, 2.45) is 0 Å². The second-order valence-corrected chi connectivity index (χ2v) is 9.20. The number of nitrogens with one attached hydrogen (secondary N) is 1. The maximum atomic E-state index is 13.7. The Kier molecular flexibility index (Phi) is 6.45. The molecule has 1 fully saturated rings. The number of carbonyl (C=O) groups is 1. The molecule has 4 rings (SSSR count). The highest BCUT2D eigenvalue weighted by molar-refractivity contribution is 6.35. The molecule has 0 aromatic heterocycles. The Morgan fingerprint density at radius 2 is 1.77 bits per heavy atom. The molecule has 1 saturated carbocycles. The molecule has 3 aromatic carbocycles. The van der Waals surface area contributed by atoms with E-state index in [0.717, 1.165) is 59.9 Å². The van der Waals surface area contributed by atoms with Crippen LogP contribution in [0.3, 0.4) is 0 Å². The van der Waals surface area contributed by atoms with Gasteiger partial charge in [-0.1, -0.05) is 73.3 Å². The molecule has 0 bridgehead atoms. The summed E-state index contributed by atoms with van der Waals surface area (Å²) >= 11 is 12.7. The number of rotatable bonds is 6. The summed E-state index contributed by atoms with van der Waals surface area (Å²) in [6.07, 6.45) is 4.58. The Hall–Kier alpha value is -2.23. The zero-order chi connectivity index (χ0) is 22.0. The molecule has 162 valence electrons. The summed E-state index contributed by atoms with van der Waals surface area (Å²) in [4.78, 5) is 13.7. The van der Waals surface area contributed by atoms with E-state index in [4.69, 9.17) is 27.9 Å². The van der Waals surface area contributed by atoms with Crippen LogP contribution in [0.4, 0.5) is 5.69 Å². The van der Waals surface area contributed by atoms with Gasteiger partial charge in [0.1, 0.15) is 5.75 Å². The summed E-state index contributed by atoms with van der Waals surface area (Å²) < 4.78 is 6.11. The van der Waals surface area contributed by atoms with E-state index in [1.807, 2.05) is 48.5 Å². The summed E-state index contributed by atoms with van der Waals surface area (Å²) in [5.74, 6) is 0.814. The average Bonchev–Trinajstić information content (AvgIpc) is 3.26. The number of ether oxygens (including phenoxy) is 1. The first kappa shape index (κ1) is 22.0. The number of hydrogen-bond acceptors (Lipinski definition) is 2. The Balaban J connectivity index is 1.71. The van der Waals surface area contributed by atoms with Gasteiger partial charge >= 0.3 is 0 Å². The fourth-order valence-corrected chi connectivity index (χ4v) is 5.09. The second kappa shape index (κ2) is 9.10. The van der Waals surface area contributed by atoms with E-state index in [1.54, 1.807) is 6.07 Å². The van der Waals surface area contributed by atoms with Crippen LogP contribution in [0, 0.1) is 0 Å². The molecule has 31 heavy (non-hydrogen) atoms. The first-order chi connectivity index (χ1) is 14.9. The molecule has 0 spiro atoms. The van der Waals surface area contributed by atoms with Crippen LogP contribution in [0.5, 0.6) is 5.75 Å². The SMILES string of the molecule is CC[C@@H](C)Oc1ccc(NC(=O)C2(c3ccc(Cl)cc3Cl)CCCC2)c2ccccc12. The van der Waals surface area contributed by atoms with Crippen LogP contribution in [0.15, 0.2) is 54.6 Å². The molecule has 0 radical (unpaired) electrons. The minimum Gasteiger partial charge on any atom is -0.490 e. The number of hydrogen-bond donors (Lipinski definition) is 1. The van der Waals surface area contributed by atoms with Crippen LogP contribution < -0.4 is 10.1 Å². The van der Waals surface area contributed by atoms with E-state index in [0.29, 0.717) is 10.0 Å². The number of fused-ring (bicyclic) bond motifs is 1. The Labute approximate surface area is 193 Å². The van der Waals surface area contributed by atoms with Crippen molar-refractivity contribution in [1.82, 2.24) is 0 Å². The van der Waals surface area contributed by atoms with E-state index in [-0.39, 0.29) is 12.0 Å². The second-order valence-electron chi connectivity index (χ2n) is 8.36. The summed E-state index contributed by atoms with van der Waals surface area (Å²) in [6, 6.07) is 17.3. The van der Waals surface area contributed by atoms with E-state index >= 15 is 0 Å². The zero-order valence-corrected chi connectivity index (χ0v) is 19.4. The topological polar surface area (TPSA) is 38.3 Å². The number of carbonyl (C=O) groups excluding carboxylic acids is 1. The lowest BCUT2D eigenvalue weighted by Crippen LogP contribution is -2.38. The van der Waals surface area contributed by atoms with Crippen molar-refractivity contribution in [2.75, 3.05) is 5.32 Å². The predicted molar refractivity (Wildman–Crippen MR) is 130 cm³/mol. The molecule has 1 N–H and O–H groups in total. The van der Waals surface area contributed by atoms with Crippen molar-refractivity contribution in [2.45, 2.75) is 57.5 Å². The predicted octanol–water partition coefficient (Wildman–Crippen LogP) is 7.77. The highest BCUT2D eigenvalue weighted by Crippen LogP contribution is 2.45. The first-order valence-corrected chi connectivity index (χ1v) is 11.7. The quantitative estimate of drug-likeness (QED) is 0.411. The van der Waals surface area contributed by atoms with Gasteiger partial charge in [-0.05, 0) is 56.0 Å². The third-order valence-electron chi connectivity index (χ3n) is 6.37. The normalized spacial score (nSPS) is 16.3. The molecule has 0 aliphatic heterocycles. The van der Waals surface area contributed by atoms with Crippen molar-refractivity contribution in [3.63, 3.8) is 0 Å². The van der Waals surface area contributed by atoms with Gasteiger partial charge in [0.25, 0.3) is 0 Å². The molecule has 0 unspecified atom stereocenters. The third-order valence-corrected chi connectivity index (χ3v) is 6.92. The van der Waals surface area contributed by atoms with Gasteiger partial charge in [-0.25, -0.2) is 0 Å². The monoisotopic (exact) mass is 455 g/mol. The molecule has 5 heteroatoms. The molecule has 1 atom stereocenters. The molecule has 3 aromatic rings. The molecule has 0 heterocycles. The first-order valence-electron chi connectivity index (χ1n) is 10.9. The number of benzene rings is 3. The standard InChI is InChI=1S/C26H27Cl2NO2/c1-3-17(2)31-24-13-12-23(19-8-4-5-9-20(19)24)29-25(30)26(14-6-7-15-26)21-11-10-18(27)16-22(21)28/h4-5,8-13,16-17H,3,6-7,14-15H2,1-2H3,(H,29,30)/t17-/m1/s1. The molecule has 1 amide bonds. The van der Waals surface area contributed by atoms with E-state index in [2.05, 4.69) is 19.2 Å². The Morgan fingerprint density at radius 1 is 1.06 bits per heavy atom. The third kappa shape index (κ3) is 4.26. The summed E-state index contributed by atoms with van der Waals surface area (Å²) in [5.41, 5.74) is 0.998. The number of anilines is 1. The maximum absolute atomic E-state index is 13.7. The van der Waals surface area contributed by atoms with Gasteiger partial charge in [0, 0.05) is 26.5 Å². The van der Waals surface area contributed by atoms with Gasteiger partial charge in [-0.3, -0.25) is 4.79 Å². The molecule has 1 aliphatic carbocycles. The molecular weight excluding hydrogens is 429 g/mol. The van der Waals surface area contributed by atoms with Crippen molar-refractivity contribution in [3.05, 3.63) is 70.2 Å². The minimum absolute atomic E-state index is 0.0185. The summed E-state index contributed by atoms with van der Waals surface area (Å²) in [6.45, 7) is 4.16. The van der Waals surface area contributed by atoms with Crippen molar-refractivity contribution >= 4 is 45.6 Å². The molecular formula is C26H27Cl2NO2.